The molecular formula is C28H28FN3O2. The van der Waals surface area contributed by atoms with Crippen molar-refractivity contribution >= 4 is 17.5 Å². The average Bonchev–Trinajstić information content (AvgIpc) is 3.46. The molecular weight excluding hydrogens is 429 g/mol. The number of amides is 2. The van der Waals surface area contributed by atoms with Gasteiger partial charge in [-0.25, -0.2) is 9.18 Å². The number of carbonyl (C=O) groups excluding carboxylic acids is 2. The number of carbonyl (C=O) groups is 2. The fourth-order valence-electron chi connectivity index (χ4n) is 5.36. The molecule has 3 unspecified atom stereocenters. The van der Waals surface area contributed by atoms with Crippen LogP contribution in [0.2, 0.25) is 0 Å². The number of nitrogens with one attached hydrogen (secondary N) is 1. The van der Waals surface area contributed by atoms with Crippen molar-refractivity contribution in [3.05, 3.63) is 101 Å². The van der Waals surface area contributed by atoms with Gasteiger partial charge in [0.05, 0.1) is 0 Å². The van der Waals surface area contributed by atoms with Gasteiger partial charge in [-0.1, -0.05) is 36.4 Å². The first-order chi connectivity index (χ1) is 16.4. The second-order valence-electron chi connectivity index (χ2n) is 9.27. The maximum atomic E-state index is 13.5. The second-order valence-corrected chi connectivity index (χ2v) is 9.27. The number of urea groups is 1. The van der Waals surface area contributed by atoms with Crippen LogP contribution in [0.15, 0.2) is 72.8 Å². The molecule has 2 fully saturated rings. The largest absolute Gasteiger partial charge is 0.322 e. The summed E-state index contributed by atoms with van der Waals surface area (Å²) >= 11 is 0. The normalized spacial score (nSPS) is 20.4. The minimum absolute atomic E-state index is 0.0408. The molecule has 2 aliphatic rings. The summed E-state index contributed by atoms with van der Waals surface area (Å²) in [6, 6.07) is 21.7. The third-order valence-corrected chi connectivity index (χ3v) is 7.16. The Hall–Kier alpha value is -3.51. The Bertz CT molecular complexity index is 1210. The molecule has 0 radical (unpaired) electrons. The number of likely N-dealkylation sites (tertiary alicyclic amines) is 2. The molecule has 2 saturated heterocycles. The lowest BCUT2D eigenvalue weighted by Crippen LogP contribution is -2.50. The highest BCUT2D eigenvalue weighted by molar-refractivity contribution is 6.09. The standard InChI is InChI=1S/C28H28FN3O2/c1-18-14-22(29)10-13-26(18)19(2)31-16-25-15-24(31)17-32(25)28(34)30-23-11-8-21(9-12-23)27(33)20-6-4-3-5-7-20/h3-14,19,24-25H,15-17H2,1-2H3,(H,30,34). The van der Waals surface area contributed by atoms with Crippen LogP contribution in [0.25, 0.3) is 0 Å². The van der Waals surface area contributed by atoms with E-state index >= 15 is 0 Å². The highest BCUT2D eigenvalue weighted by Gasteiger charge is 2.47. The molecule has 6 heteroatoms. The topological polar surface area (TPSA) is 52.6 Å². The van der Waals surface area contributed by atoms with Crippen LogP contribution in [-0.2, 0) is 0 Å². The number of nitrogens with zero attached hydrogens (tertiary/aromatic N) is 2. The molecule has 2 bridgehead atoms. The summed E-state index contributed by atoms with van der Waals surface area (Å²) in [4.78, 5) is 29.9. The molecule has 34 heavy (non-hydrogen) atoms. The van der Waals surface area contributed by atoms with Crippen molar-refractivity contribution in [2.45, 2.75) is 38.4 Å². The number of piperazine rings is 1. The smallest absolute Gasteiger partial charge is 0.319 e. The van der Waals surface area contributed by atoms with Gasteiger partial charge in [-0.3, -0.25) is 9.69 Å². The molecule has 0 aromatic heterocycles. The summed E-state index contributed by atoms with van der Waals surface area (Å²) in [6.07, 6.45) is 0.947. The Morgan fingerprint density at radius 1 is 0.941 bits per heavy atom. The van der Waals surface area contributed by atoms with E-state index in [1.54, 1.807) is 42.5 Å². The van der Waals surface area contributed by atoms with Crippen molar-refractivity contribution < 1.29 is 14.0 Å². The molecule has 2 aliphatic heterocycles. The van der Waals surface area contributed by atoms with Crippen molar-refractivity contribution in [3.63, 3.8) is 0 Å². The number of halogens is 1. The maximum absolute atomic E-state index is 13.5. The Labute approximate surface area is 199 Å². The molecule has 3 atom stereocenters. The number of hydrogen-bond acceptors (Lipinski definition) is 3. The summed E-state index contributed by atoms with van der Waals surface area (Å²) in [5.74, 6) is -0.252. The molecule has 0 saturated carbocycles. The number of fused-ring (bicyclic) bond motifs is 2. The second kappa shape index (κ2) is 9.03. The van der Waals surface area contributed by atoms with Crippen LogP contribution in [0.3, 0.4) is 0 Å². The van der Waals surface area contributed by atoms with Crippen molar-refractivity contribution in [1.82, 2.24) is 9.80 Å². The van der Waals surface area contributed by atoms with E-state index in [0.29, 0.717) is 29.4 Å². The lowest BCUT2D eigenvalue weighted by molar-refractivity contribution is 0.103. The molecule has 3 aromatic carbocycles. The van der Waals surface area contributed by atoms with Crippen LogP contribution >= 0.6 is 0 Å². The van der Waals surface area contributed by atoms with Gasteiger partial charge in [-0.2, -0.15) is 0 Å². The molecule has 2 amide bonds. The Balaban J connectivity index is 1.20. The summed E-state index contributed by atoms with van der Waals surface area (Å²) < 4.78 is 13.5. The van der Waals surface area contributed by atoms with Gasteiger partial charge in [-0.15, -0.1) is 0 Å². The van der Waals surface area contributed by atoms with Gasteiger partial charge in [0, 0.05) is 48.0 Å². The number of aryl methyl sites for hydroxylation is 1. The molecule has 1 N–H and O–H groups in total. The Kier molecular flexibility index (Phi) is 5.92. The van der Waals surface area contributed by atoms with Crippen LogP contribution in [0.5, 0.6) is 0 Å². The van der Waals surface area contributed by atoms with Crippen molar-refractivity contribution in [2.24, 2.45) is 0 Å². The summed E-state index contributed by atoms with van der Waals surface area (Å²) in [6.45, 7) is 5.58. The molecule has 2 heterocycles. The molecule has 0 aliphatic carbocycles. The van der Waals surface area contributed by atoms with E-state index in [0.717, 1.165) is 24.1 Å². The van der Waals surface area contributed by atoms with E-state index < -0.39 is 0 Å². The van der Waals surface area contributed by atoms with Gasteiger partial charge in [0.25, 0.3) is 0 Å². The third kappa shape index (κ3) is 4.21. The van der Waals surface area contributed by atoms with Crippen LogP contribution < -0.4 is 5.32 Å². The highest BCUT2D eigenvalue weighted by Crippen LogP contribution is 2.38. The van der Waals surface area contributed by atoms with E-state index in [2.05, 4.69) is 17.1 Å². The fraction of sp³-hybridized carbons (Fsp3) is 0.286. The van der Waals surface area contributed by atoms with E-state index in [4.69, 9.17) is 0 Å². The summed E-state index contributed by atoms with van der Waals surface area (Å²) in [5.41, 5.74) is 3.99. The molecule has 174 valence electrons. The predicted molar refractivity (Wildman–Crippen MR) is 130 cm³/mol. The molecule has 5 nitrogen and oxygen atoms in total. The lowest BCUT2D eigenvalue weighted by atomic mass is 10.0. The average molecular weight is 458 g/mol. The molecule has 3 aromatic rings. The third-order valence-electron chi connectivity index (χ3n) is 7.16. The van der Waals surface area contributed by atoms with Crippen molar-refractivity contribution in [1.29, 1.82) is 0 Å². The van der Waals surface area contributed by atoms with Crippen LogP contribution in [-0.4, -0.2) is 46.8 Å². The number of rotatable bonds is 5. The zero-order chi connectivity index (χ0) is 23.8. The van der Waals surface area contributed by atoms with Gasteiger partial charge in [-0.05, 0) is 67.8 Å². The van der Waals surface area contributed by atoms with E-state index in [-0.39, 0.29) is 29.7 Å². The highest BCUT2D eigenvalue weighted by atomic mass is 19.1. The number of anilines is 1. The van der Waals surface area contributed by atoms with E-state index in [9.17, 15) is 14.0 Å². The SMILES string of the molecule is Cc1cc(F)ccc1C(C)N1CC2CC1CN2C(=O)Nc1ccc(C(=O)c2ccccc2)cc1. The lowest BCUT2D eigenvalue weighted by Gasteiger charge is -2.38. The first-order valence-electron chi connectivity index (χ1n) is 11.7. The zero-order valence-corrected chi connectivity index (χ0v) is 19.4. The van der Waals surface area contributed by atoms with Crippen molar-refractivity contribution in [2.75, 3.05) is 18.4 Å². The van der Waals surface area contributed by atoms with Gasteiger partial charge >= 0.3 is 6.03 Å². The molecule has 0 spiro atoms. The minimum Gasteiger partial charge on any atom is -0.319 e. The van der Waals surface area contributed by atoms with E-state index in [1.165, 1.54) is 6.07 Å². The van der Waals surface area contributed by atoms with Crippen molar-refractivity contribution in [3.8, 4) is 0 Å². The van der Waals surface area contributed by atoms with Gasteiger partial charge < -0.3 is 10.2 Å². The first-order valence-corrected chi connectivity index (χ1v) is 11.7. The quantitative estimate of drug-likeness (QED) is 0.521. The number of hydrogen-bond donors (Lipinski definition) is 1. The summed E-state index contributed by atoms with van der Waals surface area (Å²) in [5, 5.41) is 2.98. The van der Waals surface area contributed by atoms with Gasteiger partial charge in [0.15, 0.2) is 5.78 Å². The molecule has 5 rings (SSSR count). The zero-order valence-electron chi connectivity index (χ0n) is 19.4. The number of benzene rings is 3. The fourth-order valence-corrected chi connectivity index (χ4v) is 5.36. The Morgan fingerprint density at radius 3 is 2.29 bits per heavy atom. The maximum Gasteiger partial charge on any atom is 0.322 e. The van der Waals surface area contributed by atoms with Gasteiger partial charge in [0.2, 0.25) is 0 Å². The van der Waals surface area contributed by atoms with Crippen LogP contribution in [0, 0.1) is 12.7 Å². The Morgan fingerprint density at radius 2 is 1.65 bits per heavy atom. The van der Waals surface area contributed by atoms with Crippen LogP contribution in [0.4, 0.5) is 14.9 Å². The number of ketones is 1. The first kappa shape index (κ1) is 22.3. The van der Waals surface area contributed by atoms with E-state index in [1.807, 2.05) is 36.1 Å². The monoisotopic (exact) mass is 457 g/mol. The van der Waals surface area contributed by atoms with Gasteiger partial charge in [0.1, 0.15) is 5.82 Å². The van der Waals surface area contributed by atoms with Crippen LogP contribution in [0.1, 0.15) is 46.4 Å². The predicted octanol–water partition coefficient (Wildman–Crippen LogP) is 5.42. The minimum atomic E-state index is -0.211. The summed E-state index contributed by atoms with van der Waals surface area (Å²) in [7, 11) is 0.